The summed E-state index contributed by atoms with van der Waals surface area (Å²) < 4.78 is 1.88. The first-order valence-electron chi connectivity index (χ1n) is 7.80. The highest BCUT2D eigenvalue weighted by molar-refractivity contribution is 5.89. The number of carbonyl (C=O) groups is 1. The molecule has 0 aliphatic heterocycles. The molecule has 0 radical (unpaired) electrons. The zero-order valence-corrected chi connectivity index (χ0v) is 14.0. The maximum Gasteiger partial charge on any atom is 0.335 e. The molecule has 1 aromatic heterocycles. The fraction of sp³-hybridized carbons (Fsp3) is 0.105. The molecule has 0 aliphatic carbocycles. The number of nitrogens with zero attached hydrogens (tertiary/aromatic N) is 3. The smallest absolute Gasteiger partial charge is 0.335 e. The van der Waals surface area contributed by atoms with E-state index >= 15 is 0 Å². The van der Waals surface area contributed by atoms with Crippen LogP contribution in [0.2, 0.25) is 0 Å². The van der Waals surface area contributed by atoms with Crippen LogP contribution in [0.1, 0.15) is 27.3 Å². The van der Waals surface area contributed by atoms with Crippen molar-refractivity contribution in [1.29, 1.82) is 0 Å². The SMILES string of the molecule is Cc1nn(-c2ccccc2)c(C)c1/C=N/Nc1cccc(C(=O)O)c1. The zero-order valence-electron chi connectivity index (χ0n) is 14.0. The second kappa shape index (κ2) is 7.00. The number of anilines is 1. The molecule has 25 heavy (non-hydrogen) atoms. The number of nitrogens with one attached hydrogen (secondary N) is 1. The number of hydrogen-bond acceptors (Lipinski definition) is 4. The lowest BCUT2D eigenvalue weighted by molar-refractivity contribution is 0.0697. The van der Waals surface area contributed by atoms with E-state index in [-0.39, 0.29) is 5.56 Å². The van der Waals surface area contributed by atoms with Crippen LogP contribution < -0.4 is 5.43 Å². The van der Waals surface area contributed by atoms with Gasteiger partial charge in [0.05, 0.1) is 34.5 Å². The van der Waals surface area contributed by atoms with Crippen LogP contribution in [-0.2, 0) is 0 Å². The first-order chi connectivity index (χ1) is 12.1. The van der Waals surface area contributed by atoms with Gasteiger partial charge >= 0.3 is 5.97 Å². The van der Waals surface area contributed by atoms with E-state index in [0.29, 0.717) is 5.69 Å². The summed E-state index contributed by atoms with van der Waals surface area (Å²) in [4.78, 5) is 11.0. The highest BCUT2D eigenvalue weighted by Crippen LogP contribution is 2.16. The Labute approximate surface area is 145 Å². The summed E-state index contributed by atoms with van der Waals surface area (Å²) in [5, 5.41) is 17.8. The minimum Gasteiger partial charge on any atom is -0.478 e. The Balaban J connectivity index is 1.82. The summed E-state index contributed by atoms with van der Waals surface area (Å²) in [5.74, 6) is -0.969. The van der Waals surface area contributed by atoms with Gasteiger partial charge in [0.2, 0.25) is 0 Å². The van der Waals surface area contributed by atoms with Crippen molar-refractivity contribution < 1.29 is 9.90 Å². The van der Waals surface area contributed by atoms with Gasteiger partial charge in [-0.2, -0.15) is 10.2 Å². The highest BCUT2D eigenvalue weighted by atomic mass is 16.4. The van der Waals surface area contributed by atoms with Crippen LogP contribution in [0.15, 0.2) is 59.7 Å². The molecule has 2 aromatic carbocycles. The predicted octanol–water partition coefficient (Wildman–Crippen LogP) is 3.63. The first kappa shape index (κ1) is 16.4. The number of benzene rings is 2. The summed E-state index contributed by atoms with van der Waals surface area (Å²) in [6.07, 6.45) is 1.70. The second-order valence-corrected chi connectivity index (χ2v) is 5.59. The maximum atomic E-state index is 11.0. The van der Waals surface area contributed by atoms with Gasteiger partial charge in [0.25, 0.3) is 0 Å². The Morgan fingerprint density at radius 2 is 1.92 bits per heavy atom. The van der Waals surface area contributed by atoms with Crippen molar-refractivity contribution >= 4 is 17.9 Å². The third-order valence-electron chi connectivity index (χ3n) is 3.84. The van der Waals surface area contributed by atoms with Crippen LogP contribution >= 0.6 is 0 Å². The van der Waals surface area contributed by atoms with Crippen molar-refractivity contribution in [2.45, 2.75) is 13.8 Å². The normalized spacial score (nSPS) is 11.0. The minimum absolute atomic E-state index is 0.212. The van der Waals surface area contributed by atoms with Crippen LogP contribution in [0.4, 0.5) is 5.69 Å². The van der Waals surface area contributed by atoms with Crippen molar-refractivity contribution in [3.8, 4) is 5.69 Å². The number of aromatic carboxylic acids is 1. The fourth-order valence-corrected chi connectivity index (χ4v) is 2.56. The molecule has 0 unspecified atom stereocenters. The number of aromatic nitrogens is 2. The van der Waals surface area contributed by atoms with E-state index in [1.165, 1.54) is 12.1 Å². The van der Waals surface area contributed by atoms with Gasteiger partial charge in [-0.05, 0) is 44.2 Å². The fourth-order valence-electron chi connectivity index (χ4n) is 2.56. The number of carboxylic acid groups (broad SMARTS) is 1. The summed E-state index contributed by atoms with van der Waals surface area (Å²) in [7, 11) is 0. The van der Waals surface area contributed by atoms with Gasteiger partial charge in [0.1, 0.15) is 0 Å². The quantitative estimate of drug-likeness (QED) is 0.551. The molecule has 0 saturated carbocycles. The molecule has 0 bridgehead atoms. The van der Waals surface area contributed by atoms with Gasteiger partial charge in [-0.15, -0.1) is 0 Å². The van der Waals surface area contributed by atoms with Gasteiger partial charge in [0, 0.05) is 5.56 Å². The Morgan fingerprint density at radius 3 is 2.64 bits per heavy atom. The molecule has 0 fully saturated rings. The molecule has 6 heteroatoms. The average molecular weight is 334 g/mol. The monoisotopic (exact) mass is 334 g/mol. The Bertz CT molecular complexity index is 930. The number of carboxylic acids is 1. The molecule has 0 spiro atoms. The molecular weight excluding hydrogens is 316 g/mol. The van der Waals surface area contributed by atoms with Crippen molar-refractivity contribution in [3.05, 3.63) is 77.1 Å². The molecule has 0 saturated heterocycles. The molecular formula is C19H18N4O2. The van der Waals surface area contributed by atoms with Crippen molar-refractivity contribution in [2.75, 3.05) is 5.43 Å². The lowest BCUT2D eigenvalue weighted by Crippen LogP contribution is -1.99. The van der Waals surface area contributed by atoms with Gasteiger partial charge in [-0.1, -0.05) is 24.3 Å². The third kappa shape index (κ3) is 3.58. The van der Waals surface area contributed by atoms with Crippen LogP contribution in [-0.4, -0.2) is 27.1 Å². The molecule has 3 aromatic rings. The van der Waals surface area contributed by atoms with E-state index in [4.69, 9.17) is 5.11 Å². The van der Waals surface area contributed by atoms with Crippen LogP contribution in [0.5, 0.6) is 0 Å². The number of hydrazone groups is 1. The number of hydrogen-bond donors (Lipinski definition) is 2. The van der Waals surface area contributed by atoms with E-state index in [1.807, 2.05) is 48.9 Å². The van der Waals surface area contributed by atoms with Gasteiger partial charge in [-0.25, -0.2) is 9.48 Å². The van der Waals surface area contributed by atoms with E-state index in [9.17, 15) is 4.79 Å². The molecule has 0 aliphatic rings. The van der Waals surface area contributed by atoms with E-state index in [2.05, 4.69) is 15.6 Å². The number of aryl methyl sites for hydroxylation is 1. The van der Waals surface area contributed by atoms with Crippen molar-refractivity contribution in [3.63, 3.8) is 0 Å². The highest BCUT2D eigenvalue weighted by Gasteiger charge is 2.10. The minimum atomic E-state index is -0.969. The molecule has 2 N–H and O–H groups in total. The second-order valence-electron chi connectivity index (χ2n) is 5.59. The van der Waals surface area contributed by atoms with Gasteiger partial charge in [-0.3, -0.25) is 5.43 Å². The average Bonchev–Trinajstić information content (AvgIpc) is 2.91. The lowest BCUT2D eigenvalue weighted by atomic mass is 10.2. The zero-order chi connectivity index (χ0) is 17.8. The summed E-state index contributed by atoms with van der Waals surface area (Å²) >= 11 is 0. The molecule has 0 amide bonds. The van der Waals surface area contributed by atoms with E-state index in [1.54, 1.807) is 18.3 Å². The summed E-state index contributed by atoms with van der Waals surface area (Å²) in [5.41, 5.74) is 7.45. The molecule has 0 atom stereocenters. The number of para-hydroxylation sites is 1. The molecule has 1 heterocycles. The lowest BCUT2D eigenvalue weighted by Gasteiger charge is -2.04. The van der Waals surface area contributed by atoms with Crippen LogP contribution in [0, 0.1) is 13.8 Å². The Hall–Kier alpha value is -3.41. The summed E-state index contributed by atoms with van der Waals surface area (Å²) in [6.45, 7) is 3.91. The standard InChI is InChI=1S/C19H18N4O2/c1-13-18(14(2)23(22-13)17-9-4-3-5-10-17)12-20-21-16-8-6-7-15(11-16)19(24)25/h3-12,21H,1-2H3,(H,24,25)/b20-12+. The molecule has 126 valence electrons. The summed E-state index contributed by atoms with van der Waals surface area (Å²) in [6, 6.07) is 16.4. The van der Waals surface area contributed by atoms with Gasteiger partial charge < -0.3 is 5.11 Å². The third-order valence-corrected chi connectivity index (χ3v) is 3.84. The Morgan fingerprint density at radius 1 is 1.16 bits per heavy atom. The van der Waals surface area contributed by atoms with Crippen LogP contribution in [0.25, 0.3) is 5.69 Å². The van der Waals surface area contributed by atoms with Gasteiger partial charge in [0.15, 0.2) is 0 Å². The molecule has 3 rings (SSSR count). The Kier molecular flexibility index (Phi) is 4.61. The van der Waals surface area contributed by atoms with Crippen molar-refractivity contribution in [1.82, 2.24) is 9.78 Å². The maximum absolute atomic E-state index is 11.0. The predicted molar refractivity (Wildman–Crippen MR) is 97.7 cm³/mol. The van der Waals surface area contributed by atoms with E-state index in [0.717, 1.165) is 22.6 Å². The van der Waals surface area contributed by atoms with Crippen LogP contribution in [0.3, 0.4) is 0 Å². The van der Waals surface area contributed by atoms with E-state index < -0.39 is 5.97 Å². The van der Waals surface area contributed by atoms with Crippen molar-refractivity contribution in [2.24, 2.45) is 5.10 Å². The largest absolute Gasteiger partial charge is 0.478 e. The first-order valence-corrected chi connectivity index (χ1v) is 7.80. The number of rotatable bonds is 5. The molecule has 6 nitrogen and oxygen atoms in total. The topological polar surface area (TPSA) is 79.5 Å².